The van der Waals surface area contributed by atoms with Gasteiger partial charge in [-0.05, 0) is 43.5 Å². The zero-order valence-electron chi connectivity index (χ0n) is 13.9. The third kappa shape index (κ3) is 4.03. The van der Waals surface area contributed by atoms with Gasteiger partial charge in [0.05, 0.1) is 18.5 Å². The Kier molecular flexibility index (Phi) is 5.55. The number of rotatable bonds is 6. The van der Waals surface area contributed by atoms with E-state index in [9.17, 15) is 18.3 Å². The number of hydrogen-bond acceptors (Lipinski definition) is 5. The van der Waals surface area contributed by atoms with Gasteiger partial charge >= 0.3 is 5.97 Å². The summed E-state index contributed by atoms with van der Waals surface area (Å²) in [5.41, 5.74) is 0.0753. The number of hydrogen-bond donors (Lipinski definition) is 2. The molecule has 0 aliphatic carbocycles. The predicted octanol–water partition coefficient (Wildman–Crippen LogP) is 3.10. The second-order valence-corrected chi connectivity index (χ2v) is 8.23. The Hall–Kier alpha value is -2.03. The fourth-order valence-corrected chi connectivity index (χ4v) is 4.54. The number of nitrogens with one attached hydrogen (secondary N) is 1. The zero-order chi connectivity index (χ0) is 18.7. The molecular weight excluding hydrogens is 380 g/mol. The molecule has 0 atom stereocenters. The van der Waals surface area contributed by atoms with Crippen LogP contribution < -0.4 is 9.62 Å². The van der Waals surface area contributed by atoms with Crippen molar-refractivity contribution in [3.8, 4) is 0 Å². The van der Waals surface area contributed by atoms with Gasteiger partial charge in [0.25, 0.3) is 0 Å². The number of piperidine rings is 1. The first-order valence-electron chi connectivity index (χ1n) is 8.22. The topological polar surface area (TPSA) is 99.9 Å². The molecule has 0 amide bonds. The number of carbonyl (C=O) groups is 1. The van der Waals surface area contributed by atoms with Crippen molar-refractivity contribution in [2.45, 2.75) is 30.7 Å². The van der Waals surface area contributed by atoms with E-state index in [4.69, 9.17) is 16.0 Å². The van der Waals surface area contributed by atoms with E-state index < -0.39 is 16.0 Å². The van der Waals surface area contributed by atoms with E-state index in [0.717, 1.165) is 19.3 Å². The van der Waals surface area contributed by atoms with E-state index >= 15 is 0 Å². The Morgan fingerprint density at radius 3 is 2.62 bits per heavy atom. The van der Waals surface area contributed by atoms with Crippen LogP contribution >= 0.6 is 11.6 Å². The molecule has 3 rings (SSSR count). The fourth-order valence-electron chi connectivity index (χ4n) is 3.04. The van der Waals surface area contributed by atoms with Crippen LogP contribution in [-0.2, 0) is 16.6 Å². The van der Waals surface area contributed by atoms with Gasteiger partial charge in [0.1, 0.15) is 16.2 Å². The second-order valence-electron chi connectivity index (χ2n) is 6.05. The average molecular weight is 399 g/mol. The van der Waals surface area contributed by atoms with Crippen molar-refractivity contribution in [2.24, 2.45) is 0 Å². The van der Waals surface area contributed by atoms with E-state index in [1.54, 1.807) is 12.1 Å². The van der Waals surface area contributed by atoms with Crippen molar-refractivity contribution in [2.75, 3.05) is 18.0 Å². The SMILES string of the molecule is O=C(O)c1c(N2CCCCC2)cc(Cl)cc1S(=O)(=O)NCc1ccco1. The molecule has 1 saturated heterocycles. The highest BCUT2D eigenvalue weighted by Gasteiger charge is 2.29. The fraction of sp³-hybridized carbons (Fsp3) is 0.353. The minimum atomic E-state index is -4.10. The molecule has 0 bridgehead atoms. The average Bonchev–Trinajstić information content (AvgIpc) is 3.13. The number of benzene rings is 1. The van der Waals surface area contributed by atoms with Gasteiger partial charge in [-0.15, -0.1) is 0 Å². The number of aromatic carboxylic acids is 1. The first-order valence-corrected chi connectivity index (χ1v) is 10.1. The lowest BCUT2D eigenvalue weighted by Gasteiger charge is -2.30. The molecule has 0 saturated carbocycles. The quantitative estimate of drug-likeness (QED) is 0.775. The number of carboxylic acid groups (broad SMARTS) is 1. The molecule has 1 fully saturated rings. The highest BCUT2D eigenvalue weighted by atomic mass is 35.5. The molecule has 1 aliphatic rings. The van der Waals surface area contributed by atoms with Gasteiger partial charge < -0.3 is 14.4 Å². The van der Waals surface area contributed by atoms with Gasteiger partial charge in [-0.3, -0.25) is 0 Å². The van der Waals surface area contributed by atoms with Crippen LogP contribution in [0.5, 0.6) is 0 Å². The summed E-state index contributed by atoms with van der Waals surface area (Å²) in [5.74, 6) is -0.885. The summed E-state index contributed by atoms with van der Waals surface area (Å²) >= 11 is 6.12. The highest BCUT2D eigenvalue weighted by molar-refractivity contribution is 7.89. The van der Waals surface area contributed by atoms with Gasteiger partial charge in [0, 0.05) is 18.1 Å². The molecule has 2 heterocycles. The van der Waals surface area contributed by atoms with Crippen LogP contribution in [-0.4, -0.2) is 32.6 Å². The van der Waals surface area contributed by atoms with E-state index in [1.165, 1.54) is 18.4 Å². The van der Waals surface area contributed by atoms with Crippen LogP contribution in [0.4, 0.5) is 5.69 Å². The molecule has 26 heavy (non-hydrogen) atoms. The summed E-state index contributed by atoms with van der Waals surface area (Å²) < 4.78 is 33.0. The van der Waals surface area contributed by atoms with Gasteiger partial charge in [0.15, 0.2) is 0 Å². The molecule has 0 unspecified atom stereocenters. The number of furan rings is 1. The zero-order valence-corrected chi connectivity index (χ0v) is 15.5. The van der Waals surface area contributed by atoms with E-state index in [-0.39, 0.29) is 22.0 Å². The van der Waals surface area contributed by atoms with Crippen molar-refractivity contribution < 1.29 is 22.7 Å². The van der Waals surface area contributed by atoms with Crippen LogP contribution in [0.2, 0.25) is 5.02 Å². The van der Waals surface area contributed by atoms with Crippen LogP contribution in [0.25, 0.3) is 0 Å². The number of sulfonamides is 1. The molecule has 2 aromatic rings. The maximum atomic E-state index is 12.7. The number of nitrogens with zero attached hydrogens (tertiary/aromatic N) is 1. The normalized spacial score (nSPS) is 15.2. The molecule has 1 aromatic carbocycles. The first-order chi connectivity index (χ1) is 12.4. The summed E-state index contributed by atoms with van der Waals surface area (Å²) in [6.45, 7) is 1.25. The van der Waals surface area contributed by atoms with Gasteiger partial charge in [-0.1, -0.05) is 11.6 Å². The molecule has 0 radical (unpaired) electrons. The Bertz CT molecular complexity index is 890. The molecule has 7 nitrogen and oxygen atoms in total. The Morgan fingerprint density at radius 2 is 2.00 bits per heavy atom. The maximum absolute atomic E-state index is 12.7. The summed E-state index contributed by atoms with van der Waals surface area (Å²) in [5, 5.41) is 9.88. The van der Waals surface area contributed by atoms with Gasteiger partial charge in [-0.2, -0.15) is 0 Å². The molecule has 1 aliphatic heterocycles. The molecule has 9 heteroatoms. The molecule has 2 N–H and O–H groups in total. The highest BCUT2D eigenvalue weighted by Crippen LogP contribution is 2.33. The summed E-state index contributed by atoms with van der Waals surface area (Å²) in [6.07, 6.45) is 4.34. The molecule has 0 spiro atoms. The summed E-state index contributed by atoms with van der Waals surface area (Å²) in [4.78, 5) is 13.4. The maximum Gasteiger partial charge on any atom is 0.339 e. The lowest BCUT2D eigenvalue weighted by atomic mass is 10.1. The van der Waals surface area contributed by atoms with Crippen LogP contribution in [0, 0.1) is 0 Å². The standard InChI is InChI=1S/C17H19ClN2O5S/c18-12-9-14(20-6-2-1-3-7-20)16(17(21)22)15(10-12)26(23,24)19-11-13-5-4-8-25-13/h4-5,8-10,19H,1-3,6-7,11H2,(H,21,22). The lowest BCUT2D eigenvalue weighted by molar-refractivity contribution is 0.0693. The molecule has 1 aromatic heterocycles. The van der Waals surface area contributed by atoms with Crippen LogP contribution in [0.15, 0.2) is 39.8 Å². The van der Waals surface area contributed by atoms with Crippen molar-refractivity contribution >= 4 is 33.3 Å². The monoisotopic (exact) mass is 398 g/mol. The summed E-state index contributed by atoms with van der Waals surface area (Å²) in [7, 11) is -4.10. The Balaban J connectivity index is 2.01. The predicted molar refractivity (Wildman–Crippen MR) is 97.2 cm³/mol. The molecule has 140 valence electrons. The van der Waals surface area contributed by atoms with Gasteiger partial charge in [0.2, 0.25) is 10.0 Å². The third-order valence-electron chi connectivity index (χ3n) is 4.26. The number of carboxylic acids is 1. The van der Waals surface area contributed by atoms with Gasteiger partial charge in [-0.25, -0.2) is 17.9 Å². The lowest BCUT2D eigenvalue weighted by Crippen LogP contribution is -2.32. The first kappa shape index (κ1) is 18.8. The van der Waals surface area contributed by atoms with E-state index in [1.807, 2.05) is 4.90 Å². The van der Waals surface area contributed by atoms with Crippen LogP contribution in [0.3, 0.4) is 0 Å². The largest absolute Gasteiger partial charge is 0.478 e. The minimum absolute atomic E-state index is 0.0834. The van der Waals surface area contributed by atoms with Crippen molar-refractivity contribution in [3.63, 3.8) is 0 Å². The van der Waals surface area contributed by atoms with E-state index in [0.29, 0.717) is 24.5 Å². The van der Waals surface area contributed by atoms with Crippen molar-refractivity contribution in [1.29, 1.82) is 0 Å². The minimum Gasteiger partial charge on any atom is -0.478 e. The Labute approximate surface area is 156 Å². The van der Waals surface area contributed by atoms with Crippen LogP contribution in [0.1, 0.15) is 35.4 Å². The second kappa shape index (κ2) is 7.69. The van der Waals surface area contributed by atoms with Crippen molar-refractivity contribution in [1.82, 2.24) is 4.72 Å². The number of anilines is 1. The summed E-state index contributed by atoms with van der Waals surface area (Å²) in [6, 6.07) is 5.95. The smallest absolute Gasteiger partial charge is 0.339 e. The van der Waals surface area contributed by atoms with E-state index in [2.05, 4.69) is 4.72 Å². The Morgan fingerprint density at radius 1 is 1.27 bits per heavy atom. The molecular formula is C17H19ClN2O5S. The van der Waals surface area contributed by atoms with Crippen molar-refractivity contribution in [3.05, 3.63) is 46.9 Å². The number of halogens is 1. The third-order valence-corrected chi connectivity index (χ3v) is 5.91.